The van der Waals surface area contributed by atoms with E-state index in [1.165, 1.54) is 0 Å². The van der Waals surface area contributed by atoms with E-state index in [-0.39, 0.29) is 5.38 Å². The van der Waals surface area contributed by atoms with Crippen LogP contribution in [0.4, 0.5) is 0 Å². The molecule has 1 aromatic heterocycles. The molecule has 0 aliphatic heterocycles. The standard InChI is InChI=1S/C11H10Cl2N2O/c1-7(12)11-14-10(15-16-11)6-8-4-2-3-5-9(8)13/h2-5,7H,6H2,1H3. The molecule has 0 bridgehead atoms. The molecule has 0 saturated carbocycles. The van der Waals surface area contributed by atoms with E-state index < -0.39 is 0 Å². The first-order chi connectivity index (χ1) is 7.66. The van der Waals surface area contributed by atoms with Crippen LogP contribution in [-0.4, -0.2) is 10.1 Å². The molecular weight excluding hydrogens is 247 g/mol. The molecule has 0 fully saturated rings. The number of aromatic nitrogens is 2. The summed E-state index contributed by atoms with van der Waals surface area (Å²) in [6, 6.07) is 7.57. The van der Waals surface area contributed by atoms with E-state index in [9.17, 15) is 0 Å². The van der Waals surface area contributed by atoms with Crippen LogP contribution >= 0.6 is 23.2 Å². The molecule has 2 rings (SSSR count). The van der Waals surface area contributed by atoms with Gasteiger partial charge in [0, 0.05) is 11.4 Å². The van der Waals surface area contributed by atoms with Gasteiger partial charge >= 0.3 is 0 Å². The second-order valence-corrected chi connectivity index (χ2v) is 4.49. The Kier molecular flexibility index (Phi) is 3.46. The van der Waals surface area contributed by atoms with E-state index in [4.69, 9.17) is 27.7 Å². The number of nitrogens with zero attached hydrogens (tertiary/aromatic N) is 2. The van der Waals surface area contributed by atoms with Crippen molar-refractivity contribution in [3.8, 4) is 0 Å². The Balaban J connectivity index is 2.18. The molecule has 1 heterocycles. The van der Waals surface area contributed by atoms with E-state index in [2.05, 4.69) is 10.1 Å². The van der Waals surface area contributed by atoms with E-state index in [1.54, 1.807) is 6.92 Å². The molecular formula is C11H10Cl2N2O. The summed E-state index contributed by atoms with van der Waals surface area (Å²) in [4.78, 5) is 4.18. The van der Waals surface area contributed by atoms with E-state index in [0.29, 0.717) is 23.2 Å². The van der Waals surface area contributed by atoms with Gasteiger partial charge in [0.25, 0.3) is 0 Å². The Bertz CT molecular complexity index is 482. The van der Waals surface area contributed by atoms with Gasteiger partial charge in [-0.25, -0.2) is 0 Å². The largest absolute Gasteiger partial charge is 0.338 e. The minimum atomic E-state index is -0.271. The normalized spacial score (nSPS) is 12.7. The van der Waals surface area contributed by atoms with Gasteiger partial charge in [0.15, 0.2) is 5.82 Å². The van der Waals surface area contributed by atoms with Crippen LogP contribution in [0.1, 0.15) is 29.6 Å². The van der Waals surface area contributed by atoms with Crippen molar-refractivity contribution in [1.82, 2.24) is 10.1 Å². The summed E-state index contributed by atoms with van der Waals surface area (Å²) in [5.41, 5.74) is 0.971. The molecule has 0 aliphatic rings. The zero-order chi connectivity index (χ0) is 11.5. The molecule has 0 spiro atoms. The molecule has 16 heavy (non-hydrogen) atoms. The van der Waals surface area contributed by atoms with Crippen LogP contribution in [-0.2, 0) is 6.42 Å². The highest BCUT2D eigenvalue weighted by molar-refractivity contribution is 6.31. The number of alkyl halides is 1. The van der Waals surface area contributed by atoms with Gasteiger partial charge in [-0.1, -0.05) is 35.0 Å². The van der Waals surface area contributed by atoms with Crippen LogP contribution < -0.4 is 0 Å². The van der Waals surface area contributed by atoms with Gasteiger partial charge in [-0.2, -0.15) is 4.98 Å². The van der Waals surface area contributed by atoms with Crippen molar-refractivity contribution in [3.63, 3.8) is 0 Å². The second-order valence-electron chi connectivity index (χ2n) is 3.43. The second kappa shape index (κ2) is 4.85. The van der Waals surface area contributed by atoms with Crippen molar-refractivity contribution in [2.24, 2.45) is 0 Å². The SMILES string of the molecule is CC(Cl)c1nc(Cc2ccccc2Cl)no1. The molecule has 0 amide bonds. The molecule has 1 unspecified atom stereocenters. The highest BCUT2D eigenvalue weighted by Gasteiger charge is 2.12. The highest BCUT2D eigenvalue weighted by Crippen LogP contribution is 2.20. The Morgan fingerprint density at radius 3 is 2.75 bits per heavy atom. The third-order valence-corrected chi connectivity index (χ3v) is 2.69. The quantitative estimate of drug-likeness (QED) is 0.788. The summed E-state index contributed by atoms with van der Waals surface area (Å²) in [5.74, 6) is 1.03. The molecule has 1 aromatic carbocycles. The Labute approximate surface area is 103 Å². The zero-order valence-corrected chi connectivity index (χ0v) is 10.2. The number of rotatable bonds is 3. The molecule has 5 heteroatoms. The molecule has 0 saturated heterocycles. The van der Waals surface area contributed by atoms with Gasteiger partial charge in [0.1, 0.15) is 5.38 Å². The van der Waals surface area contributed by atoms with Crippen LogP contribution in [0.15, 0.2) is 28.8 Å². The van der Waals surface area contributed by atoms with E-state index in [1.807, 2.05) is 24.3 Å². The molecule has 1 atom stereocenters. The fraction of sp³-hybridized carbons (Fsp3) is 0.273. The van der Waals surface area contributed by atoms with E-state index >= 15 is 0 Å². The van der Waals surface area contributed by atoms with Crippen LogP contribution in [0.25, 0.3) is 0 Å². The topological polar surface area (TPSA) is 38.9 Å². The fourth-order valence-electron chi connectivity index (χ4n) is 1.31. The maximum atomic E-state index is 6.03. The van der Waals surface area contributed by atoms with Crippen molar-refractivity contribution >= 4 is 23.2 Å². The molecule has 2 aromatic rings. The molecule has 0 N–H and O–H groups in total. The lowest BCUT2D eigenvalue weighted by molar-refractivity contribution is 0.374. The first kappa shape index (κ1) is 11.4. The van der Waals surface area contributed by atoms with Gasteiger partial charge in [-0.05, 0) is 18.6 Å². The van der Waals surface area contributed by atoms with Crippen LogP contribution in [0.3, 0.4) is 0 Å². The maximum absolute atomic E-state index is 6.03. The van der Waals surface area contributed by atoms with Crippen molar-refractivity contribution in [2.45, 2.75) is 18.7 Å². The van der Waals surface area contributed by atoms with Gasteiger partial charge in [0.2, 0.25) is 5.89 Å². The number of halogens is 2. The van der Waals surface area contributed by atoms with E-state index in [0.717, 1.165) is 5.56 Å². The Morgan fingerprint density at radius 2 is 2.12 bits per heavy atom. The summed E-state index contributed by atoms with van der Waals surface area (Å²) in [6.45, 7) is 1.79. The molecule has 0 radical (unpaired) electrons. The summed E-state index contributed by atoms with van der Waals surface area (Å²) >= 11 is 11.9. The van der Waals surface area contributed by atoms with Crippen LogP contribution in [0.2, 0.25) is 5.02 Å². The first-order valence-corrected chi connectivity index (χ1v) is 5.68. The Hall–Kier alpha value is -1.06. The molecule has 84 valence electrons. The monoisotopic (exact) mass is 256 g/mol. The van der Waals surface area contributed by atoms with Gasteiger partial charge < -0.3 is 4.52 Å². The zero-order valence-electron chi connectivity index (χ0n) is 8.65. The van der Waals surface area contributed by atoms with Crippen molar-refractivity contribution in [2.75, 3.05) is 0 Å². The molecule has 0 aliphatic carbocycles. The molecule has 3 nitrogen and oxygen atoms in total. The lowest BCUT2D eigenvalue weighted by atomic mass is 10.1. The predicted octanol–water partition coefficient (Wildman–Crippen LogP) is 3.61. The summed E-state index contributed by atoms with van der Waals surface area (Å²) in [7, 11) is 0. The number of hydrogen-bond acceptors (Lipinski definition) is 3. The predicted molar refractivity (Wildman–Crippen MR) is 62.8 cm³/mol. The smallest absolute Gasteiger partial charge is 0.244 e. The average molecular weight is 257 g/mol. The summed E-state index contributed by atoms with van der Waals surface area (Å²) in [5, 5.41) is 4.28. The minimum Gasteiger partial charge on any atom is -0.338 e. The number of hydrogen-bond donors (Lipinski definition) is 0. The van der Waals surface area contributed by atoms with Crippen molar-refractivity contribution < 1.29 is 4.52 Å². The van der Waals surface area contributed by atoms with Crippen molar-refractivity contribution in [3.05, 3.63) is 46.6 Å². The third kappa shape index (κ3) is 2.54. The van der Waals surface area contributed by atoms with Gasteiger partial charge in [-0.15, -0.1) is 11.6 Å². The summed E-state index contributed by atoms with van der Waals surface area (Å²) < 4.78 is 5.00. The van der Waals surface area contributed by atoms with Gasteiger partial charge in [-0.3, -0.25) is 0 Å². The lowest BCUT2D eigenvalue weighted by Gasteiger charge is -1.98. The van der Waals surface area contributed by atoms with Gasteiger partial charge in [0.05, 0.1) is 0 Å². The Morgan fingerprint density at radius 1 is 1.38 bits per heavy atom. The minimum absolute atomic E-state index is 0.271. The van der Waals surface area contributed by atoms with Crippen LogP contribution in [0.5, 0.6) is 0 Å². The number of benzene rings is 1. The lowest BCUT2D eigenvalue weighted by Crippen LogP contribution is -1.92. The maximum Gasteiger partial charge on any atom is 0.244 e. The van der Waals surface area contributed by atoms with Crippen molar-refractivity contribution in [1.29, 1.82) is 0 Å². The summed E-state index contributed by atoms with van der Waals surface area (Å²) in [6.07, 6.45) is 0.548. The third-order valence-electron chi connectivity index (χ3n) is 2.13. The highest BCUT2D eigenvalue weighted by atomic mass is 35.5. The fourth-order valence-corrected chi connectivity index (χ4v) is 1.60. The first-order valence-electron chi connectivity index (χ1n) is 4.87. The van der Waals surface area contributed by atoms with Crippen LogP contribution in [0, 0.1) is 0 Å². The average Bonchev–Trinajstić information content (AvgIpc) is 2.70.